The number of rotatable bonds is 7. The number of piperidine rings is 1. The lowest BCUT2D eigenvalue weighted by molar-refractivity contribution is -0.152. The number of aromatic nitrogens is 1. The van der Waals surface area contributed by atoms with Gasteiger partial charge in [0, 0.05) is 43.4 Å². The Bertz CT molecular complexity index is 551. The highest BCUT2D eigenvalue weighted by Gasteiger charge is 2.46. The Balaban J connectivity index is 1.71. The molecule has 0 N–H and O–H groups in total. The van der Waals surface area contributed by atoms with Gasteiger partial charge in [0.1, 0.15) is 0 Å². The second-order valence-electron chi connectivity index (χ2n) is 6.80. The molecule has 3 heterocycles. The van der Waals surface area contributed by atoms with Gasteiger partial charge in [-0.3, -0.25) is 4.90 Å². The Morgan fingerprint density at radius 3 is 3.29 bits per heavy atom. The zero-order valence-electron chi connectivity index (χ0n) is 14.6. The van der Waals surface area contributed by atoms with E-state index >= 15 is 0 Å². The van der Waals surface area contributed by atoms with Crippen molar-refractivity contribution in [2.75, 3.05) is 40.0 Å². The second kappa shape index (κ2) is 8.10. The smallest absolute Gasteiger partial charge is 0.217 e. The molecule has 2 aliphatic rings. The molecule has 0 unspecified atom stereocenters. The van der Waals surface area contributed by atoms with Gasteiger partial charge in [-0.1, -0.05) is 12.1 Å². The third-order valence-corrected chi connectivity index (χ3v) is 5.13. The zero-order valence-corrected chi connectivity index (χ0v) is 14.6. The molecule has 5 heteroatoms. The average molecular weight is 332 g/mol. The molecule has 0 aromatic carbocycles. The summed E-state index contributed by atoms with van der Waals surface area (Å²) in [6.45, 7) is 8.85. The summed E-state index contributed by atoms with van der Waals surface area (Å²) in [4.78, 5) is 6.80. The van der Waals surface area contributed by atoms with Crippen LogP contribution >= 0.6 is 0 Å². The molecule has 2 fully saturated rings. The van der Waals surface area contributed by atoms with Crippen LogP contribution in [0.4, 0.5) is 0 Å². The predicted octanol–water partition coefficient (Wildman–Crippen LogP) is 2.66. The summed E-state index contributed by atoms with van der Waals surface area (Å²) in [6, 6.07) is 4.06. The first-order chi connectivity index (χ1) is 11.8. The van der Waals surface area contributed by atoms with Gasteiger partial charge in [0.2, 0.25) is 5.88 Å². The van der Waals surface area contributed by atoms with Crippen molar-refractivity contribution in [3.05, 3.63) is 36.5 Å². The highest BCUT2D eigenvalue weighted by atomic mass is 16.5. The van der Waals surface area contributed by atoms with Crippen molar-refractivity contribution in [1.29, 1.82) is 0 Å². The minimum absolute atomic E-state index is 0.0922. The van der Waals surface area contributed by atoms with Crippen molar-refractivity contribution < 1.29 is 14.2 Å². The number of nitrogens with zero attached hydrogens (tertiary/aromatic N) is 2. The van der Waals surface area contributed by atoms with Crippen LogP contribution in [-0.4, -0.2) is 56.0 Å². The molecule has 2 saturated heterocycles. The fraction of sp³-hybridized carbons (Fsp3) is 0.632. The van der Waals surface area contributed by atoms with E-state index in [-0.39, 0.29) is 5.41 Å². The molecule has 132 valence electrons. The summed E-state index contributed by atoms with van der Waals surface area (Å²) in [5.41, 5.74) is 1.23. The summed E-state index contributed by atoms with van der Waals surface area (Å²) in [5.74, 6) is 0.719. The fourth-order valence-electron chi connectivity index (χ4n) is 4.04. The Morgan fingerprint density at radius 1 is 1.54 bits per heavy atom. The average Bonchev–Trinajstić information content (AvgIpc) is 2.62. The van der Waals surface area contributed by atoms with Crippen LogP contribution in [-0.2, 0) is 16.0 Å². The third-order valence-electron chi connectivity index (χ3n) is 5.13. The summed E-state index contributed by atoms with van der Waals surface area (Å²) in [7, 11) is 1.68. The van der Waals surface area contributed by atoms with Gasteiger partial charge in [0.15, 0.2) is 0 Å². The molecular formula is C19H28N2O3. The predicted molar refractivity (Wildman–Crippen MR) is 93.1 cm³/mol. The molecule has 2 atom stereocenters. The van der Waals surface area contributed by atoms with E-state index in [2.05, 4.69) is 22.5 Å². The number of methoxy groups -OCH3 is 1. The van der Waals surface area contributed by atoms with Gasteiger partial charge in [-0.05, 0) is 25.3 Å². The largest absolute Gasteiger partial charge is 0.481 e. The molecule has 0 spiro atoms. The van der Waals surface area contributed by atoms with E-state index in [1.807, 2.05) is 12.1 Å². The highest BCUT2D eigenvalue weighted by Crippen LogP contribution is 2.41. The standard InChI is InChI=1S/C19H28N2O3/c1-3-11-23-15-19-8-5-12-24-17(19)7-10-21(14-19)13-16-6-4-9-20-18(16)22-2/h3-4,6,9,17H,1,5,7-8,10-15H2,2H3/t17-,19-/m0/s1. The van der Waals surface area contributed by atoms with Crippen molar-refractivity contribution in [1.82, 2.24) is 9.88 Å². The summed E-state index contributed by atoms with van der Waals surface area (Å²) >= 11 is 0. The second-order valence-corrected chi connectivity index (χ2v) is 6.80. The molecule has 3 rings (SSSR count). The maximum absolute atomic E-state index is 6.09. The van der Waals surface area contributed by atoms with Crippen LogP contribution in [0, 0.1) is 5.41 Å². The maximum Gasteiger partial charge on any atom is 0.217 e. The summed E-state index contributed by atoms with van der Waals surface area (Å²) in [6.07, 6.45) is 7.22. The molecule has 0 amide bonds. The van der Waals surface area contributed by atoms with E-state index in [4.69, 9.17) is 14.2 Å². The number of hydrogen-bond acceptors (Lipinski definition) is 5. The SMILES string of the molecule is C=CCOC[C@@]12CCCO[C@H]1CCN(Cc1cccnc1OC)C2. The van der Waals surface area contributed by atoms with Crippen molar-refractivity contribution in [2.45, 2.75) is 31.9 Å². The van der Waals surface area contributed by atoms with Gasteiger partial charge in [0.25, 0.3) is 0 Å². The zero-order chi connectivity index (χ0) is 16.8. The monoisotopic (exact) mass is 332 g/mol. The van der Waals surface area contributed by atoms with E-state index in [1.54, 1.807) is 13.3 Å². The molecule has 1 aromatic rings. The van der Waals surface area contributed by atoms with Crippen molar-refractivity contribution in [3.63, 3.8) is 0 Å². The summed E-state index contributed by atoms with van der Waals surface area (Å²) < 4.78 is 17.4. The van der Waals surface area contributed by atoms with Crippen LogP contribution in [0.3, 0.4) is 0 Å². The molecule has 2 aliphatic heterocycles. The molecule has 1 aromatic heterocycles. The third kappa shape index (κ3) is 3.79. The van der Waals surface area contributed by atoms with Crippen molar-refractivity contribution >= 4 is 0 Å². The number of ether oxygens (including phenoxy) is 3. The molecule has 5 nitrogen and oxygen atoms in total. The molecule has 0 aliphatic carbocycles. The van der Waals surface area contributed by atoms with Crippen LogP contribution in [0.25, 0.3) is 0 Å². The molecule has 0 radical (unpaired) electrons. The molecule has 0 bridgehead atoms. The van der Waals surface area contributed by atoms with Gasteiger partial charge in [-0.15, -0.1) is 6.58 Å². The Labute approximate surface area is 144 Å². The maximum atomic E-state index is 6.09. The topological polar surface area (TPSA) is 43.8 Å². The molecule has 0 saturated carbocycles. The Kier molecular flexibility index (Phi) is 5.87. The normalized spacial score (nSPS) is 27.5. The minimum atomic E-state index is 0.0922. The van der Waals surface area contributed by atoms with Gasteiger partial charge < -0.3 is 14.2 Å². The summed E-state index contributed by atoms with van der Waals surface area (Å²) in [5, 5.41) is 0. The molecular weight excluding hydrogens is 304 g/mol. The lowest BCUT2D eigenvalue weighted by Gasteiger charge is -2.50. The van der Waals surface area contributed by atoms with Crippen molar-refractivity contribution in [2.24, 2.45) is 5.41 Å². The van der Waals surface area contributed by atoms with E-state index in [0.29, 0.717) is 12.7 Å². The number of likely N-dealkylation sites (tertiary alicyclic amines) is 1. The van der Waals surface area contributed by atoms with E-state index < -0.39 is 0 Å². The van der Waals surface area contributed by atoms with Crippen LogP contribution in [0.5, 0.6) is 5.88 Å². The van der Waals surface area contributed by atoms with Gasteiger partial charge in [-0.25, -0.2) is 4.98 Å². The highest BCUT2D eigenvalue weighted by molar-refractivity contribution is 5.25. The van der Waals surface area contributed by atoms with Gasteiger partial charge in [-0.2, -0.15) is 0 Å². The number of pyridine rings is 1. The van der Waals surface area contributed by atoms with Crippen LogP contribution in [0.15, 0.2) is 31.0 Å². The quantitative estimate of drug-likeness (QED) is 0.567. The Hall–Kier alpha value is -1.43. The first-order valence-electron chi connectivity index (χ1n) is 8.78. The number of hydrogen-bond donors (Lipinski definition) is 0. The first kappa shape index (κ1) is 17.4. The van der Waals surface area contributed by atoms with E-state index in [0.717, 1.165) is 63.6 Å². The van der Waals surface area contributed by atoms with Crippen molar-refractivity contribution in [3.8, 4) is 5.88 Å². The molecule has 24 heavy (non-hydrogen) atoms. The van der Waals surface area contributed by atoms with Gasteiger partial charge >= 0.3 is 0 Å². The van der Waals surface area contributed by atoms with Crippen LogP contribution in [0.1, 0.15) is 24.8 Å². The first-order valence-corrected chi connectivity index (χ1v) is 8.78. The lowest BCUT2D eigenvalue weighted by atomic mass is 9.73. The van der Waals surface area contributed by atoms with E-state index in [1.165, 1.54) is 0 Å². The fourth-order valence-corrected chi connectivity index (χ4v) is 4.04. The van der Waals surface area contributed by atoms with Gasteiger partial charge in [0.05, 0.1) is 26.4 Å². The number of fused-ring (bicyclic) bond motifs is 1. The van der Waals surface area contributed by atoms with Crippen LogP contribution < -0.4 is 4.74 Å². The van der Waals surface area contributed by atoms with Crippen LogP contribution in [0.2, 0.25) is 0 Å². The Morgan fingerprint density at radius 2 is 2.46 bits per heavy atom. The van der Waals surface area contributed by atoms with E-state index in [9.17, 15) is 0 Å². The minimum Gasteiger partial charge on any atom is -0.481 e. The lowest BCUT2D eigenvalue weighted by Crippen LogP contribution is -2.56.